The maximum Gasteiger partial charge on any atom is 0.231 e. The lowest BCUT2D eigenvalue weighted by molar-refractivity contribution is 0.175. The first kappa shape index (κ1) is 12.1. The molecule has 2 aliphatic heterocycles. The van der Waals surface area contributed by atoms with E-state index in [-0.39, 0.29) is 0 Å². The van der Waals surface area contributed by atoms with Gasteiger partial charge in [-0.1, -0.05) is 11.6 Å². The first-order valence-corrected chi connectivity index (χ1v) is 7.09. The number of piperidine rings is 2. The SMILES string of the molecule is CN1CCCCC1c1noc(C2CCCNC2)n1. The van der Waals surface area contributed by atoms with Gasteiger partial charge in [-0.25, -0.2) is 0 Å². The zero-order valence-corrected chi connectivity index (χ0v) is 11.1. The summed E-state index contributed by atoms with van der Waals surface area (Å²) >= 11 is 0. The first-order valence-electron chi connectivity index (χ1n) is 7.09. The second kappa shape index (κ2) is 5.36. The number of hydrogen-bond acceptors (Lipinski definition) is 5. The highest BCUT2D eigenvalue weighted by atomic mass is 16.5. The molecule has 0 bridgehead atoms. The van der Waals surface area contributed by atoms with Gasteiger partial charge in [-0.15, -0.1) is 0 Å². The van der Waals surface area contributed by atoms with Crippen LogP contribution < -0.4 is 5.32 Å². The highest BCUT2D eigenvalue weighted by Gasteiger charge is 2.27. The molecule has 1 N–H and O–H groups in total. The van der Waals surface area contributed by atoms with E-state index in [4.69, 9.17) is 4.52 Å². The van der Waals surface area contributed by atoms with Crippen molar-refractivity contribution in [3.63, 3.8) is 0 Å². The Balaban J connectivity index is 1.71. The summed E-state index contributed by atoms with van der Waals surface area (Å²) < 4.78 is 5.48. The molecule has 0 aromatic carbocycles. The van der Waals surface area contributed by atoms with Crippen molar-refractivity contribution >= 4 is 0 Å². The molecule has 0 spiro atoms. The van der Waals surface area contributed by atoms with Gasteiger partial charge < -0.3 is 9.84 Å². The van der Waals surface area contributed by atoms with E-state index in [1.807, 2.05) is 0 Å². The van der Waals surface area contributed by atoms with Gasteiger partial charge in [0.05, 0.1) is 12.0 Å². The third-order valence-corrected chi connectivity index (χ3v) is 4.17. The predicted molar refractivity (Wildman–Crippen MR) is 68.4 cm³/mol. The van der Waals surface area contributed by atoms with Crippen molar-refractivity contribution in [3.8, 4) is 0 Å². The molecular formula is C13H22N4O. The maximum atomic E-state index is 5.48. The minimum atomic E-state index is 0.354. The average molecular weight is 250 g/mol. The standard InChI is InChI=1S/C13H22N4O/c1-17-8-3-2-6-11(17)12-15-13(18-16-12)10-5-4-7-14-9-10/h10-11,14H,2-9H2,1H3. The van der Waals surface area contributed by atoms with Crippen LogP contribution in [0.3, 0.4) is 0 Å². The molecule has 18 heavy (non-hydrogen) atoms. The molecule has 2 unspecified atom stereocenters. The molecule has 5 nitrogen and oxygen atoms in total. The van der Waals surface area contributed by atoms with Crippen LogP contribution in [-0.2, 0) is 0 Å². The zero-order chi connectivity index (χ0) is 12.4. The largest absolute Gasteiger partial charge is 0.339 e. The van der Waals surface area contributed by atoms with E-state index in [0.29, 0.717) is 12.0 Å². The van der Waals surface area contributed by atoms with E-state index in [1.54, 1.807) is 0 Å². The van der Waals surface area contributed by atoms with E-state index < -0.39 is 0 Å². The van der Waals surface area contributed by atoms with Crippen LogP contribution >= 0.6 is 0 Å². The summed E-state index contributed by atoms with van der Waals surface area (Å²) in [7, 11) is 2.15. The second-order valence-electron chi connectivity index (χ2n) is 5.53. The molecule has 0 saturated carbocycles. The van der Waals surface area contributed by atoms with E-state index >= 15 is 0 Å². The molecule has 2 atom stereocenters. The molecule has 5 heteroatoms. The van der Waals surface area contributed by atoms with Gasteiger partial charge in [-0.05, 0) is 45.8 Å². The van der Waals surface area contributed by atoms with E-state index in [1.165, 1.54) is 19.3 Å². The lowest BCUT2D eigenvalue weighted by Crippen LogP contribution is -2.30. The van der Waals surface area contributed by atoms with Crippen LogP contribution in [0.1, 0.15) is 55.8 Å². The fourth-order valence-corrected chi connectivity index (χ4v) is 3.01. The fourth-order valence-electron chi connectivity index (χ4n) is 3.01. The van der Waals surface area contributed by atoms with Crippen molar-refractivity contribution < 1.29 is 4.52 Å². The van der Waals surface area contributed by atoms with Gasteiger partial charge >= 0.3 is 0 Å². The summed E-state index contributed by atoms with van der Waals surface area (Å²) in [6, 6.07) is 0.354. The normalized spacial score (nSPS) is 30.5. The Morgan fingerprint density at radius 1 is 1.28 bits per heavy atom. The summed E-state index contributed by atoms with van der Waals surface area (Å²) in [6.45, 7) is 3.23. The summed E-state index contributed by atoms with van der Waals surface area (Å²) in [6.07, 6.45) is 6.06. The van der Waals surface area contributed by atoms with Crippen molar-refractivity contribution in [2.24, 2.45) is 0 Å². The molecule has 100 valence electrons. The highest BCUT2D eigenvalue weighted by Crippen LogP contribution is 2.29. The van der Waals surface area contributed by atoms with E-state index in [2.05, 4.69) is 27.4 Å². The summed E-state index contributed by atoms with van der Waals surface area (Å²) in [5.74, 6) is 2.13. The Kier molecular flexibility index (Phi) is 3.61. The molecule has 0 amide bonds. The third kappa shape index (κ3) is 2.42. The molecule has 2 saturated heterocycles. The lowest BCUT2D eigenvalue weighted by atomic mass is 9.99. The van der Waals surface area contributed by atoms with Gasteiger partial charge in [0.25, 0.3) is 0 Å². The Labute approximate surface area is 108 Å². The van der Waals surface area contributed by atoms with Crippen LogP contribution in [-0.4, -0.2) is 41.7 Å². The van der Waals surface area contributed by atoms with Crippen LogP contribution in [0, 0.1) is 0 Å². The molecular weight excluding hydrogens is 228 g/mol. The smallest absolute Gasteiger partial charge is 0.231 e. The fraction of sp³-hybridized carbons (Fsp3) is 0.846. The number of rotatable bonds is 2. The zero-order valence-electron chi connectivity index (χ0n) is 11.1. The quantitative estimate of drug-likeness (QED) is 0.865. The number of hydrogen-bond donors (Lipinski definition) is 1. The van der Waals surface area contributed by atoms with Gasteiger partial charge in [-0.3, -0.25) is 4.90 Å². The Hall–Kier alpha value is -0.940. The number of nitrogens with zero attached hydrogens (tertiary/aromatic N) is 3. The molecule has 3 rings (SSSR count). The van der Waals surface area contributed by atoms with Crippen molar-refractivity contribution in [2.75, 3.05) is 26.7 Å². The minimum Gasteiger partial charge on any atom is -0.339 e. The van der Waals surface area contributed by atoms with Crippen LogP contribution in [0.4, 0.5) is 0 Å². The van der Waals surface area contributed by atoms with Crippen molar-refractivity contribution in [1.29, 1.82) is 0 Å². The van der Waals surface area contributed by atoms with Crippen LogP contribution in [0.5, 0.6) is 0 Å². The topological polar surface area (TPSA) is 54.2 Å². The molecule has 0 radical (unpaired) electrons. The molecule has 3 heterocycles. The van der Waals surface area contributed by atoms with E-state index in [9.17, 15) is 0 Å². The minimum absolute atomic E-state index is 0.354. The van der Waals surface area contributed by atoms with Crippen LogP contribution in [0.2, 0.25) is 0 Å². The van der Waals surface area contributed by atoms with Crippen molar-refractivity contribution in [3.05, 3.63) is 11.7 Å². The second-order valence-corrected chi connectivity index (χ2v) is 5.53. The summed E-state index contributed by atoms with van der Waals surface area (Å²) in [4.78, 5) is 6.99. The maximum absolute atomic E-state index is 5.48. The van der Waals surface area contributed by atoms with Crippen LogP contribution in [0.25, 0.3) is 0 Å². The predicted octanol–water partition coefficient (Wildman–Crippen LogP) is 1.69. The monoisotopic (exact) mass is 250 g/mol. The summed E-state index contributed by atoms with van der Waals surface area (Å²) in [5, 5.41) is 7.60. The van der Waals surface area contributed by atoms with Gasteiger partial charge in [0.1, 0.15) is 0 Å². The average Bonchev–Trinajstić information content (AvgIpc) is 2.90. The molecule has 1 aromatic heterocycles. The molecule has 2 aliphatic rings. The molecule has 1 aromatic rings. The Morgan fingerprint density at radius 2 is 2.22 bits per heavy atom. The third-order valence-electron chi connectivity index (χ3n) is 4.17. The van der Waals surface area contributed by atoms with Crippen LogP contribution in [0.15, 0.2) is 4.52 Å². The number of likely N-dealkylation sites (tertiary alicyclic amines) is 1. The number of nitrogens with one attached hydrogen (secondary N) is 1. The Bertz CT molecular complexity index is 386. The van der Waals surface area contributed by atoms with Crippen molar-refractivity contribution in [1.82, 2.24) is 20.4 Å². The van der Waals surface area contributed by atoms with E-state index in [0.717, 1.165) is 44.2 Å². The summed E-state index contributed by atoms with van der Waals surface area (Å²) in [5.41, 5.74) is 0. The highest BCUT2D eigenvalue weighted by molar-refractivity contribution is 5.01. The Morgan fingerprint density at radius 3 is 3.00 bits per heavy atom. The van der Waals surface area contributed by atoms with Gasteiger partial charge in [0, 0.05) is 6.54 Å². The van der Waals surface area contributed by atoms with Gasteiger partial charge in [-0.2, -0.15) is 4.98 Å². The number of aromatic nitrogens is 2. The van der Waals surface area contributed by atoms with Gasteiger partial charge in [0.2, 0.25) is 5.89 Å². The lowest BCUT2D eigenvalue weighted by Gasteiger charge is -2.29. The van der Waals surface area contributed by atoms with Gasteiger partial charge in [0.15, 0.2) is 5.82 Å². The molecule has 2 fully saturated rings. The first-order chi connectivity index (χ1) is 8.84. The van der Waals surface area contributed by atoms with Crippen molar-refractivity contribution in [2.45, 2.75) is 44.1 Å². The molecule has 0 aliphatic carbocycles.